The second-order valence-electron chi connectivity index (χ2n) is 4.31. The van der Waals surface area contributed by atoms with E-state index in [4.69, 9.17) is 0 Å². The predicted molar refractivity (Wildman–Crippen MR) is 71.6 cm³/mol. The molecule has 0 amide bonds. The van der Waals surface area contributed by atoms with E-state index >= 15 is 0 Å². The first kappa shape index (κ1) is 11.8. The molecule has 4 nitrogen and oxygen atoms in total. The number of aromatic nitrogens is 3. The lowest BCUT2D eigenvalue weighted by molar-refractivity contribution is 0.606. The van der Waals surface area contributed by atoms with Crippen molar-refractivity contribution in [2.75, 3.05) is 7.05 Å². The summed E-state index contributed by atoms with van der Waals surface area (Å²) in [6, 6.07) is 12.6. The molecule has 1 N–H and O–H groups in total. The molecule has 0 saturated heterocycles. The van der Waals surface area contributed by atoms with Gasteiger partial charge >= 0.3 is 0 Å². The van der Waals surface area contributed by atoms with Crippen molar-refractivity contribution in [1.29, 1.82) is 0 Å². The van der Waals surface area contributed by atoms with Crippen molar-refractivity contribution in [1.82, 2.24) is 20.3 Å². The molecule has 0 aliphatic rings. The molecule has 96 valence electrons. The van der Waals surface area contributed by atoms with E-state index < -0.39 is 0 Å². The zero-order valence-electron chi connectivity index (χ0n) is 10.5. The largest absolute Gasteiger partial charge is 0.316 e. The molecule has 5 heteroatoms. The number of nitrogens with one attached hydrogen (secondary N) is 1. The number of nitrogens with zero attached hydrogens (tertiary/aromatic N) is 3. The van der Waals surface area contributed by atoms with E-state index in [2.05, 4.69) is 15.6 Å². The van der Waals surface area contributed by atoms with Crippen molar-refractivity contribution in [2.45, 2.75) is 6.54 Å². The molecule has 3 rings (SSSR count). The fourth-order valence-corrected chi connectivity index (χ4v) is 2.08. The van der Waals surface area contributed by atoms with Crippen LogP contribution in [0.2, 0.25) is 0 Å². The second-order valence-corrected chi connectivity index (χ2v) is 4.31. The molecule has 0 atom stereocenters. The minimum absolute atomic E-state index is 0.302. The van der Waals surface area contributed by atoms with E-state index in [9.17, 15) is 4.39 Å². The van der Waals surface area contributed by atoms with Crippen LogP contribution in [0.15, 0.2) is 42.5 Å². The SMILES string of the molecule is CNCc1ccc(-n2nnc3ccccc32)c(F)c1. The summed E-state index contributed by atoms with van der Waals surface area (Å²) < 4.78 is 15.7. The van der Waals surface area contributed by atoms with E-state index in [1.165, 1.54) is 10.7 Å². The van der Waals surface area contributed by atoms with Gasteiger partial charge in [-0.15, -0.1) is 5.10 Å². The minimum Gasteiger partial charge on any atom is -0.316 e. The fraction of sp³-hybridized carbons (Fsp3) is 0.143. The Hall–Kier alpha value is -2.27. The number of para-hydroxylation sites is 1. The maximum absolute atomic E-state index is 14.1. The Morgan fingerprint density at radius 1 is 1.21 bits per heavy atom. The van der Waals surface area contributed by atoms with Gasteiger partial charge in [0.05, 0.1) is 5.52 Å². The van der Waals surface area contributed by atoms with E-state index in [0.29, 0.717) is 12.2 Å². The molecular weight excluding hydrogens is 243 g/mol. The lowest BCUT2D eigenvalue weighted by Gasteiger charge is -2.06. The van der Waals surface area contributed by atoms with Crippen molar-refractivity contribution in [2.24, 2.45) is 0 Å². The highest BCUT2D eigenvalue weighted by molar-refractivity contribution is 5.75. The number of rotatable bonds is 3. The highest BCUT2D eigenvalue weighted by Crippen LogP contribution is 2.19. The molecule has 0 bridgehead atoms. The van der Waals surface area contributed by atoms with Crippen LogP contribution in [0.4, 0.5) is 4.39 Å². The fourth-order valence-electron chi connectivity index (χ4n) is 2.08. The average Bonchev–Trinajstić information content (AvgIpc) is 2.83. The van der Waals surface area contributed by atoms with Gasteiger partial charge in [-0.1, -0.05) is 23.4 Å². The molecule has 0 unspecified atom stereocenters. The second kappa shape index (κ2) is 4.78. The molecule has 2 aromatic carbocycles. The molecule has 19 heavy (non-hydrogen) atoms. The molecule has 0 saturated carbocycles. The predicted octanol–water partition coefficient (Wildman–Crippen LogP) is 2.28. The summed E-state index contributed by atoms with van der Waals surface area (Å²) in [4.78, 5) is 0. The lowest BCUT2D eigenvalue weighted by atomic mass is 10.2. The molecule has 0 spiro atoms. The summed E-state index contributed by atoms with van der Waals surface area (Å²) in [7, 11) is 1.83. The number of halogens is 1. The third-order valence-corrected chi connectivity index (χ3v) is 2.97. The Morgan fingerprint density at radius 2 is 2.05 bits per heavy atom. The Morgan fingerprint density at radius 3 is 2.84 bits per heavy atom. The third-order valence-electron chi connectivity index (χ3n) is 2.97. The van der Waals surface area contributed by atoms with Crippen LogP contribution in [-0.2, 0) is 6.54 Å². The molecule has 0 aliphatic carbocycles. The van der Waals surface area contributed by atoms with Crippen molar-refractivity contribution in [3.63, 3.8) is 0 Å². The van der Waals surface area contributed by atoms with Crippen LogP contribution in [0.1, 0.15) is 5.56 Å². The molecule has 0 radical (unpaired) electrons. The summed E-state index contributed by atoms with van der Waals surface area (Å²) in [6.45, 7) is 0.634. The highest BCUT2D eigenvalue weighted by atomic mass is 19.1. The van der Waals surface area contributed by atoms with Gasteiger partial charge in [-0.05, 0) is 36.9 Å². The third kappa shape index (κ3) is 2.08. The highest BCUT2D eigenvalue weighted by Gasteiger charge is 2.10. The summed E-state index contributed by atoms with van der Waals surface area (Å²) in [5.74, 6) is -0.302. The smallest absolute Gasteiger partial charge is 0.149 e. The molecule has 0 aliphatic heterocycles. The van der Waals surface area contributed by atoms with Gasteiger partial charge in [0.25, 0.3) is 0 Å². The van der Waals surface area contributed by atoms with Crippen molar-refractivity contribution >= 4 is 11.0 Å². The Balaban J connectivity index is 2.11. The molecular formula is C14H13FN4. The molecule has 1 heterocycles. The maximum Gasteiger partial charge on any atom is 0.149 e. The normalized spacial score (nSPS) is 11.1. The van der Waals surface area contributed by atoms with Gasteiger partial charge in [0, 0.05) is 6.54 Å². The van der Waals surface area contributed by atoms with Gasteiger partial charge < -0.3 is 5.32 Å². The monoisotopic (exact) mass is 256 g/mol. The van der Waals surface area contributed by atoms with Gasteiger partial charge in [-0.25, -0.2) is 9.07 Å². The molecule has 0 fully saturated rings. The Kier molecular flexibility index (Phi) is 2.97. The van der Waals surface area contributed by atoms with Crippen LogP contribution in [0.5, 0.6) is 0 Å². The van der Waals surface area contributed by atoms with Gasteiger partial charge in [-0.2, -0.15) is 0 Å². The topological polar surface area (TPSA) is 42.7 Å². The van der Waals surface area contributed by atoms with Crippen LogP contribution in [-0.4, -0.2) is 22.0 Å². The van der Waals surface area contributed by atoms with E-state index in [-0.39, 0.29) is 5.82 Å². The van der Waals surface area contributed by atoms with Crippen LogP contribution in [0.3, 0.4) is 0 Å². The number of hydrogen-bond donors (Lipinski definition) is 1. The van der Waals surface area contributed by atoms with Crippen molar-refractivity contribution in [3.8, 4) is 5.69 Å². The standard InChI is InChI=1S/C14H13FN4/c1-16-9-10-6-7-13(11(15)8-10)19-14-5-3-2-4-12(14)17-18-19/h2-8,16H,9H2,1H3. The first-order valence-corrected chi connectivity index (χ1v) is 6.03. The summed E-state index contributed by atoms with van der Waals surface area (Å²) in [6.07, 6.45) is 0. The molecule has 1 aromatic heterocycles. The lowest BCUT2D eigenvalue weighted by Crippen LogP contribution is -2.07. The van der Waals surface area contributed by atoms with Crippen LogP contribution in [0.25, 0.3) is 16.7 Å². The molecule has 3 aromatic rings. The average molecular weight is 256 g/mol. The summed E-state index contributed by atoms with van der Waals surface area (Å²) >= 11 is 0. The van der Waals surface area contributed by atoms with Gasteiger partial charge in [0.2, 0.25) is 0 Å². The summed E-state index contributed by atoms with van der Waals surface area (Å²) in [5, 5.41) is 11.0. The first-order chi connectivity index (χ1) is 9.29. The Bertz CT molecular complexity index is 720. The minimum atomic E-state index is -0.302. The van der Waals surface area contributed by atoms with E-state index in [1.807, 2.05) is 37.4 Å². The Labute approximate surface area is 109 Å². The van der Waals surface area contributed by atoms with E-state index in [0.717, 1.165) is 16.6 Å². The maximum atomic E-state index is 14.1. The number of benzene rings is 2. The van der Waals surface area contributed by atoms with E-state index in [1.54, 1.807) is 6.07 Å². The number of fused-ring (bicyclic) bond motifs is 1. The van der Waals surface area contributed by atoms with Crippen molar-refractivity contribution in [3.05, 3.63) is 53.8 Å². The zero-order chi connectivity index (χ0) is 13.2. The quantitative estimate of drug-likeness (QED) is 0.781. The first-order valence-electron chi connectivity index (χ1n) is 6.03. The number of hydrogen-bond acceptors (Lipinski definition) is 3. The van der Waals surface area contributed by atoms with Gasteiger partial charge in [-0.3, -0.25) is 0 Å². The summed E-state index contributed by atoms with van der Waals surface area (Å²) in [5.41, 5.74) is 2.85. The zero-order valence-corrected chi connectivity index (χ0v) is 10.5. The van der Waals surface area contributed by atoms with Gasteiger partial charge in [0.15, 0.2) is 0 Å². The van der Waals surface area contributed by atoms with Crippen molar-refractivity contribution < 1.29 is 4.39 Å². The van der Waals surface area contributed by atoms with Crippen LogP contribution in [0, 0.1) is 5.82 Å². The van der Waals surface area contributed by atoms with Gasteiger partial charge in [0.1, 0.15) is 17.0 Å². The van der Waals surface area contributed by atoms with Crippen LogP contribution < -0.4 is 5.32 Å². The van der Waals surface area contributed by atoms with Crippen LogP contribution >= 0.6 is 0 Å².